The molecule has 2 heteroatoms. The van der Waals surface area contributed by atoms with Crippen molar-refractivity contribution in [3.63, 3.8) is 0 Å². The lowest BCUT2D eigenvalue weighted by molar-refractivity contribution is 0.419. The molecule has 2 heterocycles. The van der Waals surface area contributed by atoms with E-state index in [1.165, 1.54) is 153 Å². The van der Waals surface area contributed by atoms with E-state index in [2.05, 4.69) is 274 Å². The third-order valence-corrected chi connectivity index (χ3v) is 19.7. The lowest BCUT2D eigenvalue weighted by Crippen LogP contribution is -2.28. The quantitative estimate of drug-likeness (QED) is 0.0932. The van der Waals surface area contributed by atoms with Gasteiger partial charge in [0.1, 0.15) is 0 Å². The Morgan fingerprint density at radius 3 is 1.74 bits per heavy atom. The Morgan fingerprint density at radius 1 is 0.488 bits per heavy atom. The average Bonchev–Trinajstić information content (AvgIpc) is 1.55. The molecule has 2 nitrogen and oxygen atoms in total. The third-order valence-electron chi connectivity index (χ3n) is 19.7. The maximum Gasteiger partial charge on any atom is 0.0708 e. The highest BCUT2D eigenvalue weighted by molar-refractivity contribution is 6.36. The van der Waals surface area contributed by atoms with Crippen LogP contribution in [0, 0.1) is 5.41 Å². The van der Waals surface area contributed by atoms with Crippen LogP contribution in [0.4, 0.5) is 0 Å². The average molecular weight is 1050 g/mol. The van der Waals surface area contributed by atoms with Crippen molar-refractivity contribution < 1.29 is 0 Å². The summed E-state index contributed by atoms with van der Waals surface area (Å²) in [6, 6.07) is 64.6. The van der Waals surface area contributed by atoms with Crippen molar-refractivity contribution in [1.29, 1.82) is 0 Å². The number of aromatic nitrogens is 1. The number of nitrogens with zero attached hydrogens (tertiary/aromatic N) is 1. The lowest BCUT2D eigenvalue weighted by Gasteiger charge is -2.37. The summed E-state index contributed by atoms with van der Waals surface area (Å²) in [6.07, 6.45) is 32.8. The van der Waals surface area contributed by atoms with E-state index in [9.17, 15) is 0 Å². The minimum Gasteiger partial charge on any atom is -0.381 e. The monoisotopic (exact) mass is 1050 g/mol. The van der Waals surface area contributed by atoms with Crippen LogP contribution in [0.25, 0.3) is 138 Å². The minimum atomic E-state index is -0.147. The summed E-state index contributed by atoms with van der Waals surface area (Å²) in [7, 11) is 0. The van der Waals surface area contributed by atoms with E-state index < -0.39 is 0 Å². The molecule has 12 aromatic carbocycles. The molecule has 0 radical (unpaired) electrons. The summed E-state index contributed by atoms with van der Waals surface area (Å²) in [5, 5.41) is 25.7. The molecule has 13 aromatic rings. The highest BCUT2D eigenvalue weighted by atomic mass is 14.9. The van der Waals surface area contributed by atoms with Crippen LogP contribution in [-0.4, -0.2) is 11.0 Å². The second-order valence-electron chi connectivity index (χ2n) is 23.8. The summed E-state index contributed by atoms with van der Waals surface area (Å²) in [4.78, 5) is 4.69. The first-order valence-electron chi connectivity index (χ1n) is 29.5. The van der Waals surface area contributed by atoms with Gasteiger partial charge in [0.2, 0.25) is 0 Å². The Labute approximate surface area is 477 Å². The van der Waals surface area contributed by atoms with E-state index in [0.29, 0.717) is 0 Å². The van der Waals surface area contributed by atoms with E-state index in [-0.39, 0.29) is 16.9 Å². The van der Waals surface area contributed by atoms with Gasteiger partial charge >= 0.3 is 0 Å². The molecular formula is C80H58N2. The molecule has 1 aliphatic heterocycles. The first kappa shape index (κ1) is 47.2. The van der Waals surface area contributed by atoms with Crippen molar-refractivity contribution in [2.75, 3.05) is 0 Å². The van der Waals surface area contributed by atoms with E-state index in [1.54, 1.807) is 5.57 Å². The maximum atomic E-state index is 4.69. The molecule has 0 fully saturated rings. The van der Waals surface area contributed by atoms with Gasteiger partial charge < -0.3 is 5.32 Å². The molecule has 0 bridgehead atoms. The predicted octanol–water partition coefficient (Wildman–Crippen LogP) is 21.0. The number of pyridine rings is 1. The van der Waals surface area contributed by atoms with Gasteiger partial charge in [-0.3, -0.25) is 4.98 Å². The highest BCUT2D eigenvalue weighted by Crippen LogP contribution is 2.57. The molecule has 1 N–H and O–H groups in total. The smallest absolute Gasteiger partial charge is 0.0708 e. The number of dihydropyridines is 1. The van der Waals surface area contributed by atoms with Crippen molar-refractivity contribution in [1.82, 2.24) is 10.3 Å². The Bertz CT molecular complexity index is 5150. The van der Waals surface area contributed by atoms with Crippen LogP contribution >= 0.6 is 0 Å². The zero-order chi connectivity index (χ0) is 54.4. The molecule has 1 aromatic heterocycles. The largest absolute Gasteiger partial charge is 0.381 e. The van der Waals surface area contributed by atoms with Gasteiger partial charge in [0.05, 0.1) is 11.6 Å². The molecule has 0 amide bonds. The number of benzene rings is 12. The van der Waals surface area contributed by atoms with Gasteiger partial charge in [0.15, 0.2) is 0 Å². The predicted molar refractivity (Wildman–Crippen MR) is 353 cm³/mol. The molecule has 2 atom stereocenters. The summed E-state index contributed by atoms with van der Waals surface area (Å²) in [5.74, 6) is 0. The standard InChI is InChI=1S/C80H58N2/c1-4-80(5-2)71-46-48(26-28-49-29-32-67-69-36-34-53(55-40-44-81-73-24-8-6-14-59(55)73)61-18-12-22-65(77(61)69)63-20-10-16-51(49)75(63)67)27-31-57(71)58-39-43-79(3,47-72(58)80)42-38-50-30-33-68-70-37-35-54(56-41-45-82-74-25-9-7-15-60(56)74)62-19-13-23-66(78(62)70)64-21-11-17-52(50)76(64)68/h6-46,74,82H,4-5,47H2,1-3H3/b28-26+,42-38+. The maximum absolute atomic E-state index is 4.69. The van der Waals surface area contributed by atoms with Gasteiger partial charge in [-0.2, -0.15) is 0 Å². The van der Waals surface area contributed by atoms with E-state index >= 15 is 0 Å². The number of hydrogen-bond acceptors (Lipinski definition) is 2. The lowest BCUT2D eigenvalue weighted by atomic mass is 9.66. The van der Waals surface area contributed by atoms with Crippen LogP contribution < -0.4 is 5.32 Å². The zero-order valence-electron chi connectivity index (χ0n) is 46.3. The van der Waals surface area contributed by atoms with Crippen LogP contribution in [0.3, 0.4) is 0 Å². The Hall–Kier alpha value is -9.63. The van der Waals surface area contributed by atoms with Gasteiger partial charge in [-0.15, -0.1) is 0 Å². The van der Waals surface area contributed by atoms with E-state index in [1.807, 2.05) is 6.20 Å². The first-order chi connectivity index (χ1) is 40.4. The molecule has 0 saturated heterocycles. The fraction of sp³-hybridized carbons (Fsp3) is 0.113. The normalized spacial score (nSPS) is 18.5. The zero-order valence-corrected chi connectivity index (χ0v) is 46.3. The number of allylic oxidation sites excluding steroid dienone is 9. The van der Waals surface area contributed by atoms with Crippen LogP contribution in [-0.2, 0) is 5.41 Å². The summed E-state index contributed by atoms with van der Waals surface area (Å²) in [5.41, 5.74) is 16.8. The van der Waals surface area contributed by atoms with Crippen LogP contribution in [0.5, 0.6) is 0 Å². The molecule has 0 saturated carbocycles. The summed E-state index contributed by atoms with van der Waals surface area (Å²) in [6.45, 7) is 7.25. The SMILES string of the molecule is CCC1(CC)C2=C(C=CC(C)(/C=C/c3ccc4c5ccc(C6=C7C=CC=CC7NC=C6)c6cccc(c7cccc3c74)c65)C2)c2ccc(/C=C/c3ccc4c5ccc(-c6ccnc7ccccc67)c6cccc(c7cccc3c74)c65)cc21. The molecule has 0 spiro atoms. The van der Waals surface area contributed by atoms with Crippen molar-refractivity contribution in [3.05, 3.63) is 275 Å². The van der Waals surface area contributed by atoms with Gasteiger partial charge in [0, 0.05) is 22.4 Å². The van der Waals surface area contributed by atoms with Gasteiger partial charge in [-0.25, -0.2) is 0 Å². The van der Waals surface area contributed by atoms with Crippen LogP contribution in [0.1, 0.15) is 73.4 Å². The molecule has 82 heavy (non-hydrogen) atoms. The third kappa shape index (κ3) is 6.67. The van der Waals surface area contributed by atoms with E-state index in [0.717, 1.165) is 24.8 Å². The number of nitrogens with one attached hydrogen (secondary N) is 1. The summed E-state index contributed by atoms with van der Waals surface area (Å²) >= 11 is 0. The summed E-state index contributed by atoms with van der Waals surface area (Å²) < 4.78 is 0. The van der Waals surface area contributed by atoms with Gasteiger partial charge in [0.25, 0.3) is 0 Å². The van der Waals surface area contributed by atoms with Crippen molar-refractivity contribution in [2.45, 2.75) is 51.5 Å². The second-order valence-corrected chi connectivity index (χ2v) is 23.8. The van der Waals surface area contributed by atoms with Crippen molar-refractivity contribution >= 4 is 126 Å². The Balaban J connectivity index is 0.689. The van der Waals surface area contributed by atoms with Gasteiger partial charge in [-0.05, 0) is 191 Å². The fourth-order valence-corrected chi connectivity index (χ4v) is 15.8. The number of para-hydroxylation sites is 1. The Morgan fingerprint density at radius 2 is 1.05 bits per heavy atom. The van der Waals surface area contributed by atoms with Crippen molar-refractivity contribution in [2.24, 2.45) is 5.41 Å². The molecular weight excluding hydrogens is 989 g/mol. The van der Waals surface area contributed by atoms with Crippen molar-refractivity contribution in [3.8, 4) is 11.1 Å². The number of fused-ring (bicyclic) bond motifs is 8. The fourth-order valence-electron chi connectivity index (χ4n) is 15.8. The molecule has 4 aliphatic rings. The van der Waals surface area contributed by atoms with Gasteiger partial charge in [-0.1, -0.05) is 245 Å². The van der Waals surface area contributed by atoms with Crippen LogP contribution in [0.2, 0.25) is 0 Å². The van der Waals surface area contributed by atoms with Crippen LogP contribution in [0.15, 0.2) is 242 Å². The van der Waals surface area contributed by atoms with E-state index in [4.69, 9.17) is 0 Å². The molecule has 388 valence electrons. The number of hydrogen-bond donors (Lipinski definition) is 1. The minimum absolute atomic E-state index is 0.0326. The first-order valence-corrected chi connectivity index (χ1v) is 29.5. The second kappa shape index (κ2) is 17.7. The highest BCUT2D eigenvalue weighted by Gasteiger charge is 2.45. The molecule has 2 unspecified atom stereocenters. The Kier molecular flexibility index (Phi) is 10.2. The topological polar surface area (TPSA) is 24.9 Å². The molecule has 3 aliphatic carbocycles. The number of rotatable bonds is 8. The molecule has 17 rings (SSSR count).